The van der Waals surface area contributed by atoms with Crippen LogP contribution in [-0.2, 0) is 0 Å². The maximum absolute atomic E-state index is 13.8. The summed E-state index contributed by atoms with van der Waals surface area (Å²) in [7, 11) is 0. The third-order valence-corrected chi connectivity index (χ3v) is 6.69. The van der Waals surface area contributed by atoms with Crippen LogP contribution in [0.4, 0.5) is 0 Å². The molecule has 5 rings (SSSR count). The number of carbonyl (C=O) groups is 1. The Balaban J connectivity index is 1.69. The molecule has 3 N–H and O–H groups in total. The molecule has 0 bridgehead atoms. The van der Waals surface area contributed by atoms with E-state index in [1.807, 2.05) is 30.3 Å². The van der Waals surface area contributed by atoms with Crippen molar-refractivity contribution < 1.29 is 24.5 Å². The Hall–Kier alpha value is -4.10. The molecule has 164 valence electrons. The molecule has 0 atom stereocenters. The Bertz CT molecular complexity index is 1510. The van der Waals surface area contributed by atoms with E-state index in [0.717, 1.165) is 21.2 Å². The van der Waals surface area contributed by atoms with Crippen LogP contribution in [0.25, 0.3) is 32.7 Å². The van der Waals surface area contributed by atoms with Crippen molar-refractivity contribution in [3.63, 3.8) is 0 Å². The van der Waals surface area contributed by atoms with Gasteiger partial charge in [-0.3, -0.25) is 4.79 Å². The second kappa shape index (κ2) is 7.79. The van der Waals surface area contributed by atoms with Crippen molar-refractivity contribution in [2.24, 2.45) is 0 Å². The lowest BCUT2D eigenvalue weighted by Crippen LogP contribution is -2.06. The molecular formula is C26H19NO5S. The maximum Gasteiger partial charge on any atom is 0.250 e. The summed E-state index contributed by atoms with van der Waals surface area (Å²) in [4.78, 5) is 18.2. The predicted molar refractivity (Wildman–Crippen MR) is 127 cm³/mol. The monoisotopic (exact) mass is 457 g/mol. The first-order valence-corrected chi connectivity index (χ1v) is 11.0. The van der Waals surface area contributed by atoms with Crippen molar-refractivity contribution in [1.29, 1.82) is 0 Å². The van der Waals surface area contributed by atoms with E-state index in [1.54, 1.807) is 38.1 Å². The molecule has 0 saturated carbocycles. The summed E-state index contributed by atoms with van der Waals surface area (Å²) in [6, 6.07) is 15.6. The van der Waals surface area contributed by atoms with Crippen molar-refractivity contribution in [2.75, 3.05) is 0 Å². The molecule has 0 amide bonds. The second-order valence-corrected chi connectivity index (χ2v) is 8.91. The minimum absolute atomic E-state index is 0.121. The normalized spacial score (nSPS) is 11.2. The molecule has 2 aromatic heterocycles. The number of phenolic OH excluding ortho intramolecular Hbond substituents is 2. The number of benzene rings is 3. The lowest BCUT2D eigenvalue weighted by molar-refractivity contribution is 0.104. The van der Waals surface area contributed by atoms with Gasteiger partial charge in [0.25, 0.3) is 5.88 Å². The van der Waals surface area contributed by atoms with E-state index in [-0.39, 0.29) is 23.2 Å². The fraction of sp³-hybridized carbons (Fsp3) is 0.0769. The fourth-order valence-corrected chi connectivity index (χ4v) is 5.33. The highest BCUT2D eigenvalue weighted by atomic mass is 32.1. The van der Waals surface area contributed by atoms with Gasteiger partial charge in [0.1, 0.15) is 11.5 Å². The van der Waals surface area contributed by atoms with Gasteiger partial charge in [-0.2, -0.15) is 4.98 Å². The zero-order chi connectivity index (χ0) is 23.3. The number of fused-ring (bicyclic) bond motifs is 1. The summed E-state index contributed by atoms with van der Waals surface area (Å²) in [5, 5.41) is 30.2. The number of hydrogen-bond donors (Lipinski definition) is 3. The summed E-state index contributed by atoms with van der Waals surface area (Å²) in [6.07, 6.45) is 1.17. The molecule has 0 aliphatic heterocycles. The Labute approximate surface area is 193 Å². The minimum Gasteiger partial charge on any atom is -0.508 e. The Morgan fingerprint density at radius 1 is 0.879 bits per heavy atom. The van der Waals surface area contributed by atoms with Crippen molar-refractivity contribution in [2.45, 2.75) is 13.8 Å². The number of thiophene rings is 1. The van der Waals surface area contributed by atoms with Crippen LogP contribution in [0.15, 0.2) is 65.3 Å². The van der Waals surface area contributed by atoms with Gasteiger partial charge in [0.2, 0.25) is 11.7 Å². The average molecular weight is 458 g/mol. The third-order valence-electron chi connectivity index (χ3n) is 5.54. The number of aromatic hydroxyl groups is 3. The van der Waals surface area contributed by atoms with Gasteiger partial charge < -0.3 is 19.7 Å². The van der Waals surface area contributed by atoms with Gasteiger partial charge in [0.15, 0.2) is 6.26 Å². The molecule has 0 radical (unpaired) electrons. The van der Waals surface area contributed by atoms with Crippen LogP contribution in [0, 0.1) is 13.8 Å². The molecule has 2 heterocycles. The van der Waals surface area contributed by atoms with Crippen LogP contribution >= 0.6 is 11.3 Å². The first-order valence-electron chi connectivity index (χ1n) is 10.2. The van der Waals surface area contributed by atoms with E-state index in [1.165, 1.54) is 17.6 Å². The molecule has 0 unspecified atom stereocenters. The third kappa shape index (κ3) is 3.62. The molecule has 0 spiro atoms. The van der Waals surface area contributed by atoms with E-state index in [0.29, 0.717) is 33.0 Å². The van der Waals surface area contributed by atoms with E-state index in [9.17, 15) is 20.1 Å². The summed E-state index contributed by atoms with van der Waals surface area (Å²) < 4.78 is 6.05. The largest absolute Gasteiger partial charge is 0.508 e. The summed E-state index contributed by atoms with van der Waals surface area (Å²) in [5.41, 5.74) is 4.23. The average Bonchev–Trinajstić information content (AvgIpc) is 3.36. The number of phenols is 2. The van der Waals surface area contributed by atoms with Crippen LogP contribution in [0.1, 0.15) is 26.4 Å². The highest BCUT2D eigenvalue weighted by Crippen LogP contribution is 2.42. The molecule has 7 heteroatoms. The number of carbonyl (C=O) groups excluding carboxylic acids is 1. The first kappa shape index (κ1) is 20.8. The van der Waals surface area contributed by atoms with Crippen molar-refractivity contribution in [1.82, 2.24) is 4.98 Å². The van der Waals surface area contributed by atoms with Crippen LogP contribution < -0.4 is 0 Å². The van der Waals surface area contributed by atoms with Gasteiger partial charge in [0.05, 0.1) is 4.88 Å². The second-order valence-electron chi connectivity index (χ2n) is 7.86. The molecule has 0 saturated heterocycles. The number of ketones is 1. The highest BCUT2D eigenvalue weighted by Gasteiger charge is 2.24. The molecule has 6 nitrogen and oxygen atoms in total. The molecule has 0 fully saturated rings. The molecule has 5 aromatic rings. The lowest BCUT2D eigenvalue weighted by Gasteiger charge is -2.11. The molecule has 0 aliphatic carbocycles. The maximum atomic E-state index is 13.8. The molecule has 3 aromatic carbocycles. The SMILES string of the molecule is Cc1cc(O)cc(C)c1C(=O)c1sc2cc(O)ccc2c1-c1ccc(-c2nc(O)co2)cc1. The van der Waals surface area contributed by atoms with Crippen molar-refractivity contribution in [3.05, 3.63) is 82.4 Å². The summed E-state index contributed by atoms with van der Waals surface area (Å²) in [6.45, 7) is 3.61. The quantitative estimate of drug-likeness (QED) is 0.278. The minimum atomic E-state index is -0.190. The topological polar surface area (TPSA) is 104 Å². The highest BCUT2D eigenvalue weighted by molar-refractivity contribution is 7.21. The van der Waals surface area contributed by atoms with Crippen LogP contribution in [0.5, 0.6) is 17.4 Å². The number of nitrogens with zero attached hydrogens (tertiary/aromatic N) is 1. The van der Waals surface area contributed by atoms with E-state index in [2.05, 4.69) is 4.98 Å². The Morgan fingerprint density at radius 3 is 2.18 bits per heavy atom. The van der Waals surface area contributed by atoms with E-state index >= 15 is 0 Å². The number of aromatic nitrogens is 1. The molecular weight excluding hydrogens is 438 g/mol. The summed E-state index contributed by atoms with van der Waals surface area (Å²) >= 11 is 1.33. The van der Waals surface area contributed by atoms with Gasteiger partial charge in [0, 0.05) is 26.8 Å². The van der Waals surface area contributed by atoms with Gasteiger partial charge in [-0.25, -0.2) is 0 Å². The molecule has 33 heavy (non-hydrogen) atoms. The zero-order valence-corrected chi connectivity index (χ0v) is 18.6. The van der Waals surface area contributed by atoms with E-state index < -0.39 is 0 Å². The number of aryl methyl sites for hydroxylation is 2. The lowest BCUT2D eigenvalue weighted by atomic mass is 9.93. The smallest absolute Gasteiger partial charge is 0.250 e. The van der Waals surface area contributed by atoms with Gasteiger partial charge in [-0.15, -0.1) is 11.3 Å². The number of hydrogen-bond acceptors (Lipinski definition) is 7. The number of oxazole rings is 1. The zero-order valence-electron chi connectivity index (χ0n) is 17.8. The number of rotatable bonds is 4. The fourth-order valence-electron chi connectivity index (χ4n) is 4.12. The Morgan fingerprint density at radius 2 is 1.55 bits per heavy atom. The van der Waals surface area contributed by atoms with Crippen LogP contribution in [-0.4, -0.2) is 26.1 Å². The Kier molecular flexibility index (Phi) is 4.91. The predicted octanol–water partition coefficient (Wildman–Crippen LogP) is 6.19. The van der Waals surface area contributed by atoms with Crippen molar-refractivity contribution >= 4 is 27.2 Å². The van der Waals surface area contributed by atoms with Gasteiger partial charge in [-0.1, -0.05) is 12.1 Å². The van der Waals surface area contributed by atoms with Crippen molar-refractivity contribution in [3.8, 4) is 40.0 Å². The van der Waals surface area contributed by atoms with Crippen LogP contribution in [0.3, 0.4) is 0 Å². The van der Waals surface area contributed by atoms with Gasteiger partial charge >= 0.3 is 0 Å². The van der Waals surface area contributed by atoms with E-state index in [4.69, 9.17) is 4.42 Å². The molecule has 0 aliphatic rings. The standard InChI is InChI=1S/C26H19NO5S/c1-13-9-18(29)10-14(2)22(13)24(31)25-23(19-8-7-17(28)11-20(19)33-25)15-3-5-16(6-4-15)26-27-21(30)12-32-26/h3-12,28-30H,1-2H3. The first-order chi connectivity index (χ1) is 15.8. The summed E-state index contributed by atoms with van der Waals surface area (Å²) in [5.74, 6) is 0.222. The van der Waals surface area contributed by atoms with Gasteiger partial charge in [-0.05, 0) is 73.0 Å². The van der Waals surface area contributed by atoms with Crippen LogP contribution in [0.2, 0.25) is 0 Å².